The molecule has 1 aromatic heterocycles. The van der Waals surface area contributed by atoms with Crippen molar-refractivity contribution in [3.05, 3.63) is 41.3 Å². The second-order valence-corrected chi connectivity index (χ2v) is 5.48. The van der Waals surface area contributed by atoms with E-state index < -0.39 is 5.97 Å². The van der Waals surface area contributed by atoms with E-state index in [4.69, 9.17) is 9.15 Å². The lowest BCUT2D eigenvalue weighted by atomic mass is 9.79. The minimum absolute atomic E-state index is 0.0802. The number of fused-ring (bicyclic) bond motifs is 1. The molecule has 0 saturated heterocycles. The average molecular weight is 290 g/mol. The first-order chi connectivity index (χ1) is 9.78. The molecule has 1 atom stereocenters. The van der Waals surface area contributed by atoms with Gasteiger partial charge >= 0.3 is 11.9 Å². The fourth-order valence-electron chi connectivity index (χ4n) is 2.23. The molecule has 6 heteroatoms. The number of ether oxygens (including phenoxy) is 1. The molecule has 1 aromatic carbocycles. The predicted molar refractivity (Wildman–Crippen MR) is 73.9 cm³/mol. The first-order valence-corrected chi connectivity index (χ1v) is 7.47. The van der Waals surface area contributed by atoms with Crippen LogP contribution in [0.3, 0.4) is 0 Å². The van der Waals surface area contributed by atoms with E-state index in [1.807, 2.05) is 0 Å². The van der Waals surface area contributed by atoms with Crippen LogP contribution in [0.15, 0.2) is 33.9 Å². The second kappa shape index (κ2) is 5.66. The highest BCUT2D eigenvalue weighted by molar-refractivity contribution is 7.99. The molecule has 0 amide bonds. The zero-order valence-electron chi connectivity index (χ0n) is 11.0. The van der Waals surface area contributed by atoms with Crippen molar-refractivity contribution in [3.8, 4) is 0 Å². The Hall–Kier alpha value is -1.82. The van der Waals surface area contributed by atoms with Gasteiger partial charge in [-0.1, -0.05) is 41.1 Å². The van der Waals surface area contributed by atoms with Crippen molar-refractivity contribution < 1.29 is 13.9 Å². The van der Waals surface area contributed by atoms with Gasteiger partial charge in [0.15, 0.2) is 0 Å². The number of esters is 1. The normalized spacial score (nSPS) is 16.4. The molecule has 20 heavy (non-hydrogen) atoms. The fourth-order valence-corrected chi connectivity index (χ4v) is 3.10. The molecule has 104 valence electrons. The zero-order valence-corrected chi connectivity index (χ0v) is 11.9. The quantitative estimate of drug-likeness (QED) is 0.623. The molecule has 1 unspecified atom stereocenters. The molecule has 0 aliphatic heterocycles. The first-order valence-electron chi connectivity index (χ1n) is 6.49. The van der Waals surface area contributed by atoms with Crippen molar-refractivity contribution in [2.24, 2.45) is 0 Å². The second-order valence-electron chi connectivity index (χ2n) is 4.50. The minimum atomic E-state index is -0.569. The molecule has 1 aliphatic carbocycles. The van der Waals surface area contributed by atoms with Crippen LogP contribution in [0, 0.1) is 0 Å². The van der Waals surface area contributed by atoms with Gasteiger partial charge in [0.1, 0.15) is 0 Å². The minimum Gasteiger partial charge on any atom is -0.459 e. The largest absolute Gasteiger partial charge is 0.459 e. The number of hydrogen-bond acceptors (Lipinski definition) is 6. The molecular formula is C14H14N2O3S. The van der Waals surface area contributed by atoms with Crippen LogP contribution in [-0.2, 0) is 11.2 Å². The molecule has 0 fully saturated rings. The summed E-state index contributed by atoms with van der Waals surface area (Å²) in [5.74, 6) is 0.750. The van der Waals surface area contributed by atoms with Gasteiger partial charge in [0.05, 0.1) is 6.61 Å². The summed E-state index contributed by atoms with van der Waals surface area (Å²) in [5, 5.41) is 7.95. The summed E-state index contributed by atoms with van der Waals surface area (Å²) >= 11 is 1.48. The van der Waals surface area contributed by atoms with E-state index in [0.717, 1.165) is 12.2 Å². The number of carbonyl (C=O) groups is 1. The van der Waals surface area contributed by atoms with Crippen LogP contribution in [0.25, 0.3) is 0 Å². The Balaban J connectivity index is 1.56. The van der Waals surface area contributed by atoms with Crippen LogP contribution in [0.4, 0.5) is 0 Å². The smallest absolute Gasteiger partial charge is 0.396 e. The number of hydrogen-bond donors (Lipinski definition) is 0. The van der Waals surface area contributed by atoms with Crippen molar-refractivity contribution >= 4 is 17.7 Å². The highest BCUT2D eigenvalue weighted by Gasteiger charge is 2.26. The Morgan fingerprint density at radius 2 is 2.30 bits per heavy atom. The lowest BCUT2D eigenvalue weighted by Crippen LogP contribution is -2.18. The molecule has 1 aliphatic rings. The number of rotatable bonds is 5. The topological polar surface area (TPSA) is 65.2 Å². The van der Waals surface area contributed by atoms with E-state index in [1.165, 1.54) is 22.9 Å². The van der Waals surface area contributed by atoms with Crippen molar-refractivity contribution in [2.75, 3.05) is 12.4 Å². The van der Waals surface area contributed by atoms with Crippen LogP contribution in [0.1, 0.15) is 34.7 Å². The number of benzene rings is 1. The maximum atomic E-state index is 11.4. The van der Waals surface area contributed by atoms with E-state index in [1.54, 1.807) is 6.92 Å². The summed E-state index contributed by atoms with van der Waals surface area (Å²) in [6.07, 6.45) is 1.09. The third kappa shape index (κ3) is 2.56. The Bertz CT molecular complexity index is 626. The average Bonchev–Trinajstić information content (AvgIpc) is 2.89. The summed E-state index contributed by atoms with van der Waals surface area (Å²) < 4.78 is 10.1. The van der Waals surface area contributed by atoms with Crippen molar-refractivity contribution in [2.45, 2.75) is 24.5 Å². The molecule has 3 rings (SSSR count). The molecular weight excluding hydrogens is 276 g/mol. The lowest BCUT2D eigenvalue weighted by molar-refractivity contribution is 0.0475. The van der Waals surface area contributed by atoms with Crippen LogP contribution < -0.4 is 0 Å². The number of aromatic nitrogens is 2. The van der Waals surface area contributed by atoms with Gasteiger partial charge in [-0.3, -0.25) is 0 Å². The highest BCUT2D eigenvalue weighted by atomic mass is 32.2. The van der Waals surface area contributed by atoms with Gasteiger partial charge in [0.2, 0.25) is 0 Å². The first kappa shape index (κ1) is 13.2. The van der Waals surface area contributed by atoms with Crippen LogP contribution in [0.5, 0.6) is 0 Å². The summed E-state index contributed by atoms with van der Waals surface area (Å²) in [6, 6.07) is 8.43. The maximum absolute atomic E-state index is 11.4. The van der Waals surface area contributed by atoms with Gasteiger partial charge in [0.25, 0.3) is 5.22 Å². The Labute approximate surface area is 120 Å². The number of carbonyl (C=O) groups excluding carboxylic acids is 1. The molecule has 0 saturated carbocycles. The molecule has 0 spiro atoms. The molecule has 0 bridgehead atoms. The molecule has 5 nitrogen and oxygen atoms in total. The Kier molecular flexibility index (Phi) is 3.73. The van der Waals surface area contributed by atoms with Gasteiger partial charge in [0, 0.05) is 5.75 Å². The van der Waals surface area contributed by atoms with Gasteiger partial charge in [-0.2, -0.15) is 0 Å². The highest BCUT2D eigenvalue weighted by Crippen LogP contribution is 2.38. The lowest BCUT2D eigenvalue weighted by Gasteiger charge is -2.29. The van der Waals surface area contributed by atoms with Gasteiger partial charge in [-0.15, -0.1) is 5.10 Å². The Morgan fingerprint density at radius 1 is 1.45 bits per heavy atom. The Morgan fingerprint density at radius 3 is 3.10 bits per heavy atom. The summed E-state index contributed by atoms with van der Waals surface area (Å²) in [4.78, 5) is 11.4. The van der Waals surface area contributed by atoms with E-state index in [9.17, 15) is 4.79 Å². The summed E-state index contributed by atoms with van der Waals surface area (Å²) in [7, 11) is 0. The summed E-state index contributed by atoms with van der Waals surface area (Å²) in [6.45, 7) is 2.03. The maximum Gasteiger partial charge on any atom is 0.396 e. The zero-order chi connectivity index (χ0) is 13.9. The van der Waals surface area contributed by atoms with E-state index in [0.29, 0.717) is 17.7 Å². The van der Waals surface area contributed by atoms with Crippen molar-refractivity contribution in [3.63, 3.8) is 0 Å². The number of nitrogens with zero attached hydrogens (tertiary/aromatic N) is 2. The molecule has 1 heterocycles. The third-order valence-electron chi connectivity index (χ3n) is 3.23. The van der Waals surface area contributed by atoms with Crippen LogP contribution in [-0.4, -0.2) is 28.5 Å². The molecule has 0 N–H and O–H groups in total. The summed E-state index contributed by atoms with van der Waals surface area (Å²) in [5.41, 5.74) is 2.81. The van der Waals surface area contributed by atoms with Crippen LogP contribution in [0.2, 0.25) is 0 Å². The standard InChI is InChI=1S/C14H14N2O3S/c1-2-18-13(17)12-15-16-14(19-12)20-8-10-7-9-5-3-4-6-11(9)10/h3-6,10H,2,7-8H2,1H3. The monoisotopic (exact) mass is 290 g/mol. The van der Waals surface area contributed by atoms with E-state index >= 15 is 0 Å². The van der Waals surface area contributed by atoms with Gasteiger partial charge < -0.3 is 9.15 Å². The van der Waals surface area contributed by atoms with E-state index in [2.05, 4.69) is 34.5 Å². The molecule has 2 aromatic rings. The van der Waals surface area contributed by atoms with Gasteiger partial charge in [-0.05, 0) is 30.4 Å². The predicted octanol–water partition coefficient (Wildman–Crippen LogP) is 2.68. The van der Waals surface area contributed by atoms with Crippen molar-refractivity contribution in [1.82, 2.24) is 10.2 Å². The SMILES string of the molecule is CCOC(=O)c1nnc(SCC2Cc3ccccc32)o1. The van der Waals surface area contributed by atoms with Crippen LogP contribution >= 0.6 is 11.8 Å². The van der Waals surface area contributed by atoms with E-state index in [-0.39, 0.29) is 5.89 Å². The van der Waals surface area contributed by atoms with Gasteiger partial charge in [-0.25, -0.2) is 4.79 Å². The number of thioether (sulfide) groups is 1. The molecule has 0 radical (unpaired) electrons. The fraction of sp³-hybridized carbons (Fsp3) is 0.357. The van der Waals surface area contributed by atoms with Crippen molar-refractivity contribution in [1.29, 1.82) is 0 Å². The third-order valence-corrected chi connectivity index (χ3v) is 4.21.